The van der Waals surface area contributed by atoms with Crippen LogP contribution in [0.2, 0.25) is 0 Å². The van der Waals surface area contributed by atoms with Gasteiger partial charge in [0.15, 0.2) is 0 Å². The molecule has 0 aromatic heterocycles. The van der Waals surface area contributed by atoms with Gasteiger partial charge in [0.2, 0.25) is 0 Å². The molecule has 16 heavy (non-hydrogen) atoms. The molecule has 4 heteroatoms. The van der Waals surface area contributed by atoms with Gasteiger partial charge in [-0.2, -0.15) is 8.78 Å². The number of hydrogen-bond donors (Lipinski definition) is 1. The van der Waals surface area contributed by atoms with E-state index in [1.165, 1.54) is 0 Å². The Morgan fingerprint density at radius 1 is 1.25 bits per heavy atom. The molecule has 0 heterocycles. The first-order chi connectivity index (χ1) is 7.59. The minimum absolute atomic E-state index is 0.588. The maximum absolute atomic E-state index is 12.3. The van der Waals surface area contributed by atoms with Crippen molar-refractivity contribution in [2.24, 2.45) is 5.92 Å². The first-order valence-electron chi connectivity index (χ1n) is 5.37. The van der Waals surface area contributed by atoms with Crippen LogP contribution in [-0.2, 0) is 0 Å². The number of benzene rings is 1. The van der Waals surface area contributed by atoms with Crippen LogP contribution in [0.5, 0.6) is 0 Å². The average Bonchev–Trinajstić information content (AvgIpc) is 2.19. The van der Waals surface area contributed by atoms with Crippen molar-refractivity contribution in [3.63, 3.8) is 0 Å². The molecule has 0 radical (unpaired) electrons. The predicted molar refractivity (Wildman–Crippen MR) is 66.2 cm³/mol. The van der Waals surface area contributed by atoms with Crippen molar-refractivity contribution >= 4 is 17.4 Å². The van der Waals surface area contributed by atoms with Crippen LogP contribution in [0, 0.1) is 5.92 Å². The van der Waals surface area contributed by atoms with Gasteiger partial charge in [0, 0.05) is 17.1 Å². The van der Waals surface area contributed by atoms with Crippen LogP contribution >= 0.6 is 11.8 Å². The molecule has 0 aliphatic heterocycles. The van der Waals surface area contributed by atoms with Crippen molar-refractivity contribution in [1.82, 2.24) is 0 Å². The van der Waals surface area contributed by atoms with Crippen molar-refractivity contribution in [1.29, 1.82) is 0 Å². The Morgan fingerprint density at radius 2 is 1.94 bits per heavy atom. The lowest BCUT2D eigenvalue weighted by molar-refractivity contribution is 0.252. The smallest absolute Gasteiger partial charge is 0.288 e. The first-order valence-corrected chi connectivity index (χ1v) is 6.25. The molecule has 90 valence electrons. The summed E-state index contributed by atoms with van der Waals surface area (Å²) < 4.78 is 24.6. The molecule has 0 amide bonds. The van der Waals surface area contributed by atoms with Crippen molar-refractivity contribution in [3.8, 4) is 0 Å². The van der Waals surface area contributed by atoms with Crippen LogP contribution in [0.1, 0.15) is 20.3 Å². The molecular weight excluding hydrogens is 228 g/mol. The Balaban J connectivity index is 2.56. The van der Waals surface area contributed by atoms with E-state index >= 15 is 0 Å². The summed E-state index contributed by atoms with van der Waals surface area (Å²) in [4.78, 5) is 0.612. The van der Waals surface area contributed by atoms with Gasteiger partial charge < -0.3 is 5.32 Å². The number of nitrogens with one attached hydrogen (secondary N) is 1. The Hall–Kier alpha value is -0.770. The normalized spacial score (nSPS) is 11.1. The van der Waals surface area contributed by atoms with E-state index in [4.69, 9.17) is 0 Å². The predicted octanol–water partition coefficient (Wildman–Crippen LogP) is 4.46. The maximum atomic E-state index is 12.3. The van der Waals surface area contributed by atoms with E-state index in [0.717, 1.165) is 18.7 Å². The molecule has 0 saturated carbocycles. The summed E-state index contributed by atoms with van der Waals surface area (Å²) in [5, 5.41) is 3.20. The number of anilines is 1. The number of para-hydroxylation sites is 1. The van der Waals surface area contributed by atoms with E-state index in [-0.39, 0.29) is 0 Å². The summed E-state index contributed by atoms with van der Waals surface area (Å²) in [5.74, 6) is -1.75. The number of halogens is 2. The molecule has 1 aromatic carbocycles. The number of thioether (sulfide) groups is 1. The van der Waals surface area contributed by atoms with Crippen LogP contribution in [0.4, 0.5) is 14.5 Å². The van der Waals surface area contributed by atoms with Gasteiger partial charge in [0.1, 0.15) is 0 Å². The zero-order valence-corrected chi connectivity index (χ0v) is 10.4. The van der Waals surface area contributed by atoms with E-state index in [1.54, 1.807) is 12.1 Å². The summed E-state index contributed by atoms with van der Waals surface area (Å²) in [6.07, 6.45) is 1.04. The Labute approximate surface area is 99.6 Å². The van der Waals surface area contributed by atoms with Crippen molar-refractivity contribution in [2.45, 2.75) is 30.9 Å². The average molecular weight is 245 g/mol. The summed E-state index contributed by atoms with van der Waals surface area (Å²) in [6.45, 7) is 5.10. The van der Waals surface area contributed by atoms with Gasteiger partial charge in [-0.1, -0.05) is 37.7 Å². The highest BCUT2D eigenvalue weighted by molar-refractivity contribution is 7.99. The number of hydrogen-bond acceptors (Lipinski definition) is 2. The van der Waals surface area contributed by atoms with Gasteiger partial charge in [0.25, 0.3) is 5.76 Å². The monoisotopic (exact) mass is 245 g/mol. The van der Waals surface area contributed by atoms with Gasteiger partial charge in [-0.05, 0) is 24.5 Å². The number of rotatable bonds is 6. The first kappa shape index (κ1) is 13.3. The van der Waals surface area contributed by atoms with Crippen LogP contribution in [0.15, 0.2) is 29.2 Å². The molecule has 1 nitrogen and oxygen atoms in total. The highest BCUT2D eigenvalue weighted by Gasteiger charge is 2.08. The van der Waals surface area contributed by atoms with E-state index in [2.05, 4.69) is 19.2 Å². The van der Waals surface area contributed by atoms with Gasteiger partial charge in [-0.15, -0.1) is 0 Å². The molecule has 0 unspecified atom stereocenters. The second kappa shape index (κ2) is 6.74. The maximum Gasteiger partial charge on any atom is 0.288 e. The Bertz CT molecular complexity index is 316. The fourth-order valence-electron chi connectivity index (χ4n) is 1.31. The molecule has 0 bridgehead atoms. The molecule has 1 N–H and O–H groups in total. The molecule has 0 spiro atoms. The quantitative estimate of drug-likeness (QED) is 0.743. The third-order valence-corrected chi connectivity index (χ3v) is 2.93. The molecule has 1 aromatic rings. The second-order valence-electron chi connectivity index (χ2n) is 3.98. The molecule has 0 atom stereocenters. The highest BCUT2D eigenvalue weighted by atomic mass is 32.2. The zero-order valence-electron chi connectivity index (χ0n) is 9.54. The topological polar surface area (TPSA) is 12.0 Å². The van der Waals surface area contributed by atoms with E-state index in [0.29, 0.717) is 22.6 Å². The van der Waals surface area contributed by atoms with Crippen LogP contribution in [0.25, 0.3) is 0 Å². The highest BCUT2D eigenvalue weighted by Crippen LogP contribution is 2.31. The summed E-state index contributed by atoms with van der Waals surface area (Å²) in [5.41, 5.74) is 0.799. The fourth-order valence-corrected chi connectivity index (χ4v) is 1.92. The largest absolute Gasteiger partial charge is 0.384 e. The minimum atomic E-state index is -2.37. The van der Waals surface area contributed by atoms with E-state index in [1.807, 2.05) is 12.1 Å². The fraction of sp³-hybridized carbons (Fsp3) is 0.500. The lowest BCUT2D eigenvalue weighted by Gasteiger charge is -2.12. The van der Waals surface area contributed by atoms with Gasteiger partial charge in [-0.3, -0.25) is 0 Å². The molecule has 0 saturated heterocycles. The lowest BCUT2D eigenvalue weighted by atomic mass is 10.1. The van der Waals surface area contributed by atoms with E-state index in [9.17, 15) is 8.78 Å². The van der Waals surface area contributed by atoms with Crippen LogP contribution < -0.4 is 5.32 Å². The number of alkyl halides is 2. The standard InChI is InChI=1S/C12H17F2NS/c1-9(2)7-8-15-10-5-3-4-6-11(10)16-12(13)14/h3-6,9,12,15H,7-8H2,1-2H3. The van der Waals surface area contributed by atoms with Crippen molar-refractivity contribution in [2.75, 3.05) is 11.9 Å². The molecule has 0 aliphatic carbocycles. The van der Waals surface area contributed by atoms with Crippen LogP contribution in [0.3, 0.4) is 0 Å². The summed E-state index contributed by atoms with van der Waals surface area (Å²) >= 11 is 0.588. The molecule has 1 rings (SSSR count). The minimum Gasteiger partial charge on any atom is -0.384 e. The van der Waals surface area contributed by atoms with Gasteiger partial charge in [-0.25, -0.2) is 0 Å². The molecular formula is C12H17F2NS. The Morgan fingerprint density at radius 3 is 2.56 bits per heavy atom. The SMILES string of the molecule is CC(C)CCNc1ccccc1SC(F)F. The Kier molecular flexibility index (Phi) is 5.60. The van der Waals surface area contributed by atoms with Crippen molar-refractivity contribution < 1.29 is 8.78 Å². The summed E-state index contributed by atoms with van der Waals surface area (Å²) in [7, 11) is 0. The van der Waals surface area contributed by atoms with Gasteiger partial charge >= 0.3 is 0 Å². The molecule has 0 aliphatic rings. The lowest BCUT2D eigenvalue weighted by Crippen LogP contribution is -2.05. The third-order valence-electron chi connectivity index (χ3n) is 2.14. The third kappa shape index (κ3) is 4.84. The van der Waals surface area contributed by atoms with E-state index < -0.39 is 5.76 Å². The van der Waals surface area contributed by atoms with Gasteiger partial charge in [0.05, 0.1) is 0 Å². The zero-order chi connectivity index (χ0) is 12.0. The van der Waals surface area contributed by atoms with Crippen molar-refractivity contribution in [3.05, 3.63) is 24.3 Å². The summed E-state index contributed by atoms with van der Waals surface area (Å²) in [6, 6.07) is 7.19. The second-order valence-corrected chi connectivity index (χ2v) is 5.02. The van der Waals surface area contributed by atoms with Crippen LogP contribution in [-0.4, -0.2) is 12.3 Å². The molecule has 0 fully saturated rings.